The largest absolute Gasteiger partial charge is 0.488 e. The third kappa shape index (κ3) is 2.79. The smallest absolute Gasteiger partial charge is 0.139 e. The highest BCUT2D eigenvalue weighted by molar-refractivity contribution is 6.30. The molecule has 0 aliphatic heterocycles. The zero-order valence-electron chi connectivity index (χ0n) is 7.88. The van der Waals surface area contributed by atoms with Crippen LogP contribution in [0.2, 0.25) is 5.02 Å². The van der Waals surface area contributed by atoms with Gasteiger partial charge in [0.1, 0.15) is 18.4 Å². The number of nitrogens with zero attached hydrogens (tertiary/aromatic N) is 1. The van der Waals surface area contributed by atoms with Crippen molar-refractivity contribution in [2.24, 2.45) is 0 Å². The van der Waals surface area contributed by atoms with Crippen molar-refractivity contribution >= 4 is 11.6 Å². The summed E-state index contributed by atoms with van der Waals surface area (Å²) in [5.74, 6) is 0.503. The second-order valence-corrected chi connectivity index (χ2v) is 3.43. The normalized spacial score (nSPS) is 9.21. The Morgan fingerprint density at radius 2 is 2.36 bits per heavy atom. The van der Waals surface area contributed by atoms with Crippen LogP contribution in [0.1, 0.15) is 12.5 Å². The van der Waals surface area contributed by atoms with Crippen LogP contribution in [-0.4, -0.2) is 6.61 Å². The monoisotopic (exact) mass is 207 g/mol. The highest BCUT2D eigenvalue weighted by Gasteiger charge is 2.03. The van der Waals surface area contributed by atoms with Gasteiger partial charge in [-0.05, 0) is 24.6 Å². The Hall–Kier alpha value is -1.46. The zero-order chi connectivity index (χ0) is 10.6. The lowest BCUT2D eigenvalue weighted by Crippen LogP contribution is -1.99. The third-order valence-electron chi connectivity index (χ3n) is 1.54. The molecule has 0 N–H and O–H groups in total. The minimum atomic E-state index is 0.398. The van der Waals surface area contributed by atoms with Gasteiger partial charge in [-0.1, -0.05) is 18.2 Å². The maximum absolute atomic E-state index is 8.78. The average Bonchev–Trinajstić information content (AvgIpc) is 2.15. The average molecular weight is 208 g/mol. The number of halogens is 1. The van der Waals surface area contributed by atoms with Gasteiger partial charge in [0.05, 0.1) is 5.56 Å². The van der Waals surface area contributed by atoms with Gasteiger partial charge in [-0.25, -0.2) is 0 Å². The van der Waals surface area contributed by atoms with Gasteiger partial charge >= 0.3 is 0 Å². The first-order valence-corrected chi connectivity index (χ1v) is 4.48. The summed E-state index contributed by atoms with van der Waals surface area (Å²) in [4.78, 5) is 0. The standard InChI is InChI=1S/C11H10ClNO/c1-8(2)7-14-11-5-10(12)4-3-9(11)6-13/h3-5H,1,7H2,2H3. The summed E-state index contributed by atoms with van der Waals surface area (Å²) >= 11 is 5.78. The van der Waals surface area contributed by atoms with Crippen molar-refractivity contribution in [1.29, 1.82) is 5.26 Å². The molecule has 0 spiro atoms. The lowest BCUT2D eigenvalue weighted by atomic mass is 10.2. The Bertz CT molecular complexity index is 393. The zero-order valence-corrected chi connectivity index (χ0v) is 8.64. The molecule has 1 aromatic rings. The topological polar surface area (TPSA) is 33.0 Å². The summed E-state index contributed by atoms with van der Waals surface area (Å²) in [6, 6.07) is 6.96. The van der Waals surface area contributed by atoms with E-state index in [1.54, 1.807) is 18.2 Å². The lowest BCUT2D eigenvalue weighted by molar-refractivity contribution is 0.351. The summed E-state index contributed by atoms with van der Waals surface area (Å²) < 4.78 is 5.36. The first-order chi connectivity index (χ1) is 6.63. The molecule has 0 aliphatic rings. The number of ether oxygens (including phenoxy) is 1. The van der Waals surface area contributed by atoms with Crippen molar-refractivity contribution in [3.8, 4) is 11.8 Å². The molecule has 0 fully saturated rings. The molecule has 0 heterocycles. The van der Waals surface area contributed by atoms with Crippen LogP contribution in [0.5, 0.6) is 5.75 Å². The van der Waals surface area contributed by atoms with Crippen LogP contribution in [0, 0.1) is 11.3 Å². The van der Waals surface area contributed by atoms with Crippen LogP contribution >= 0.6 is 11.6 Å². The molecular formula is C11H10ClNO. The van der Waals surface area contributed by atoms with Crippen LogP contribution in [0.4, 0.5) is 0 Å². The molecule has 2 nitrogen and oxygen atoms in total. The van der Waals surface area contributed by atoms with Crippen molar-refractivity contribution < 1.29 is 4.74 Å². The van der Waals surface area contributed by atoms with E-state index in [9.17, 15) is 0 Å². The molecule has 0 aromatic heterocycles. The molecule has 0 saturated carbocycles. The SMILES string of the molecule is C=C(C)COc1cc(Cl)ccc1C#N. The molecule has 14 heavy (non-hydrogen) atoms. The molecule has 0 amide bonds. The molecule has 0 bridgehead atoms. The van der Waals surface area contributed by atoms with Gasteiger partial charge in [0.25, 0.3) is 0 Å². The molecule has 0 atom stereocenters. The van der Waals surface area contributed by atoms with E-state index in [0.29, 0.717) is 22.9 Å². The molecule has 0 saturated heterocycles. The van der Waals surface area contributed by atoms with E-state index in [0.717, 1.165) is 5.57 Å². The van der Waals surface area contributed by atoms with Crippen LogP contribution in [0.25, 0.3) is 0 Å². The van der Waals surface area contributed by atoms with Crippen molar-refractivity contribution in [1.82, 2.24) is 0 Å². The molecular weight excluding hydrogens is 198 g/mol. The van der Waals surface area contributed by atoms with Gasteiger partial charge in [0, 0.05) is 11.1 Å². The molecule has 0 unspecified atom stereocenters. The van der Waals surface area contributed by atoms with E-state index >= 15 is 0 Å². The fourth-order valence-electron chi connectivity index (χ4n) is 0.909. The Kier molecular flexibility index (Phi) is 3.55. The molecule has 1 rings (SSSR count). The highest BCUT2D eigenvalue weighted by atomic mass is 35.5. The Morgan fingerprint density at radius 1 is 1.64 bits per heavy atom. The van der Waals surface area contributed by atoms with Crippen molar-refractivity contribution in [2.45, 2.75) is 6.92 Å². The van der Waals surface area contributed by atoms with Crippen molar-refractivity contribution in [2.75, 3.05) is 6.61 Å². The van der Waals surface area contributed by atoms with E-state index in [1.165, 1.54) is 0 Å². The van der Waals surface area contributed by atoms with Gasteiger partial charge in [-0.2, -0.15) is 5.26 Å². The van der Waals surface area contributed by atoms with Crippen molar-refractivity contribution in [3.05, 3.63) is 40.9 Å². The molecule has 0 aliphatic carbocycles. The quantitative estimate of drug-likeness (QED) is 0.714. The first-order valence-electron chi connectivity index (χ1n) is 4.10. The van der Waals surface area contributed by atoms with E-state index in [4.69, 9.17) is 21.6 Å². The van der Waals surface area contributed by atoms with Crippen molar-refractivity contribution in [3.63, 3.8) is 0 Å². The van der Waals surface area contributed by atoms with E-state index in [1.807, 2.05) is 13.0 Å². The van der Waals surface area contributed by atoms with Crippen LogP contribution < -0.4 is 4.74 Å². The van der Waals surface area contributed by atoms with Gasteiger partial charge in [-0.15, -0.1) is 0 Å². The fraction of sp³-hybridized carbons (Fsp3) is 0.182. The predicted molar refractivity (Wildman–Crippen MR) is 56.5 cm³/mol. The van der Waals surface area contributed by atoms with Gasteiger partial charge < -0.3 is 4.74 Å². The molecule has 1 aromatic carbocycles. The summed E-state index contributed by atoms with van der Waals surface area (Å²) in [6.07, 6.45) is 0. The second-order valence-electron chi connectivity index (χ2n) is 3.00. The minimum Gasteiger partial charge on any atom is -0.488 e. The van der Waals surface area contributed by atoms with E-state index in [2.05, 4.69) is 6.58 Å². The van der Waals surface area contributed by atoms with Gasteiger partial charge in [0.2, 0.25) is 0 Å². The third-order valence-corrected chi connectivity index (χ3v) is 1.77. The molecule has 3 heteroatoms. The maximum Gasteiger partial charge on any atom is 0.139 e. The van der Waals surface area contributed by atoms with Crippen LogP contribution in [0.3, 0.4) is 0 Å². The Morgan fingerprint density at radius 3 is 2.93 bits per heavy atom. The molecule has 0 radical (unpaired) electrons. The van der Waals surface area contributed by atoms with Crippen LogP contribution in [0.15, 0.2) is 30.4 Å². The molecule has 72 valence electrons. The van der Waals surface area contributed by atoms with Gasteiger partial charge in [0.15, 0.2) is 0 Å². The first kappa shape index (κ1) is 10.6. The summed E-state index contributed by atoms with van der Waals surface area (Å²) in [5.41, 5.74) is 1.38. The minimum absolute atomic E-state index is 0.398. The number of nitriles is 1. The fourth-order valence-corrected chi connectivity index (χ4v) is 1.07. The van der Waals surface area contributed by atoms with Gasteiger partial charge in [-0.3, -0.25) is 0 Å². The second kappa shape index (κ2) is 4.69. The highest BCUT2D eigenvalue weighted by Crippen LogP contribution is 2.22. The lowest BCUT2D eigenvalue weighted by Gasteiger charge is -2.07. The Labute approximate surface area is 88.4 Å². The number of benzene rings is 1. The number of hydrogen-bond acceptors (Lipinski definition) is 2. The van der Waals surface area contributed by atoms with Crippen LogP contribution in [-0.2, 0) is 0 Å². The Balaban J connectivity index is 2.89. The predicted octanol–water partition coefficient (Wildman–Crippen LogP) is 3.17. The summed E-state index contributed by atoms with van der Waals surface area (Å²) in [7, 11) is 0. The summed E-state index contributed by atoms with van der Waals surface area (Å²) in [5, 5.41) is 9.34. The number of hydrogen-bond donors (Lipinski definition) is 0. The van der Waals surface area contributed by atoms with E-state index < -0.39 is 0 Å². The maximum atomic E-state index is 8.78. The number of rotatable bonds is 3. The summed E-state index contributed by atoms with van der Waals surface area (Å²) in [6.45, 7) is 5.96. The van der Waals surface area contributed by atoms with E-state index in [-0.39, 0.29) is 0 Å².